The van der Waals surface area contributed by atoms with E-state index in [2.05, 4.69) is 25.3 Å². The Morgan fingerprint density at radius 3 is 3.00 bits per heavy atom. The molecule has 0 aromatic rings. The molecular formula is C13H19N5O. The number of fused-ring (bicyclic) bond motifs is 2. The Balaban J connectivity index is 1.68. The molecular weight excluding hydrogens is 242 g/mol. The minimum absolute atomic E-state index is 0.210. The third-order valence-electron chi connectivity index (χ3n) is 4.79. The van der Waals surface area contributed by atoms with Gasteiger partial charge in [-0.05, 0) is 25.7 Å². The monoisotopic (exact) mass is 261 g/mol. The molecule has 4 rings (SSSR count). The van der Waals surface area contributed by atoms with Crippen LogP contribution in [0.15, 0.2) is 22.6 Å². The number of azo groups is 1. The fourth-order valence-electron chi connectivity index (χ4n) is 3.67. The second-order valence-corrected chi connectivity index (χ2v) is 5.95. The lowest BCUT2D eigenvalue weighted by molar-refractivity contribution is -0.148. The summed E-state index contributed by atoms with van der Waals surface area (Å²) in [6.07, 6.45) is 7.97. The van der Waals surface area contributed by atoms with Gasteiger partial charge in [-0.25, -0.2) is 0 Å². The fourth-order valence-corrected chi connectivity index (χ4v) is 3.67. The second-order valence-electron chi connectivity index (χ2n) is 5.95. The van der Waals surface area contributed by atoms with Gasteiger partial charge in [-0.1, -0.05) is 0 Å². The zero-order chi connectivity index (χ0) is 12.9. The number of nitrogens with one attached hydrogen (secondary N) is 1. The Morgan fingerprint density at radius 2 is 2.26 bits per heavy atom. The SMILES string of the molecule is O=C(C1CC1)N1C2CCC1(N1C=CN=NC1)CNC2. The van der Waals surface area contributed by atoms with E-state index in [1.165, 1.54) is 0 Å². The van der Waals surface area contributed by atoms with Gasteiger partial charge in [0, 0.05) is 31.2 Å². The van der Waals surface area contributed by atoms with Crippen LogP contribution in [0.1, 0.15) is 25.7 Å². The molecule has 6 heteroatoms. The third kappa shape index (κ3) is 1.62. The number of amides is 1. The maximum absolute atomic E-state index is 12.7. The zero-order valence-electron chi connectivity index (χ0n) is 11.0. The summed E-state index contributed by atoms with van der Waals surface area (Å²) in [6, 6.07) is 0.356. The molecule has 0 aromatic heterocycles. The number of hydrogen-bond donors (Lipinski definition) is 1. The molecule has 2 saturated heterocycles. The van der Waals surface area contributed by atoms with E-state index >= 15 is 0 Å². The Labute approximate surface area is 112 Å². The van der Waals surface area contributed by atoms with Crippen molar-refractivity contribution in [1.29, 1.82) is 0 Å². The molecule has 1 aliphatic carbocycles. The highest BCUT2D eigenvalue weighted by Gasteiger charge is 2.56. The molecule has 3 aliphatic heterocycles. The molecule has 102 valence electrons. The summed E-state index contributed by atoms with van der Waals surface area (Å²) in [6.45, 7) is 2.32. The van der Waals surface area contributed by atoms with Crippen LogP contribution in [-0.2, 0) is 4.79 Å². The molecule has 4 aliphatic rings. The van der Waals surface area contributed by atoms with Gasteiger partial charge in [0.05, 0.1) is 6.20 Å². The Kier molecular flexibility index (Phi) is 2.42. The number of carbonyl (C=O) groups is 1. The summed E-state index contributed by atoms with van der Waals surface area (Å²) < 4.78 is 0. The highest BCUT2D eigenvalue weighted by atomic mass is 16.2. The quantitative estimate of drug-likeness (QED) is 0.803. The molecule has 3 fully saturated rings. The van der Waals surface area contributed by atoms with Crippen molar-refractivity contribution in [1.82, 2.24) is 15.1 Å². The van der Waals surface area contributed by atoms with Crippen LogP contribution in [0.5, 0.6) is 0 Å². The average molecular weight is 261 g/mol. The van der Waals surface area contributed by atoms with E-state index in [-0.39, 0.29) is 11.6 Å². The van der Waals surface area contributed by atoms with Crippen LogP contribution in [0.25, 0.3) is 0 Å². The summed E-state index contributed by atoms with van der Waals surface area (Å²) in [5, 5.41) is 11.5. The number of piperazine rings is 1. The van der Waals surface area contributed by atoms with Crippen molar-refractivity contribution in [2.75, 3.05) is 19.8 Å². The predicted molar refractivity (Wildman–Crippen MR) is 68.9 cm³/mol. The van der Waals surface area contributed by atoms with Gasteiger partial charge in [-0.2, -0.15) is 10.2 Å². The lowest BCUT2D eigenvalue weighted by Crippen LogP contribution is -2.68. The smallest absolute Gasteiger partial charge is 0.227 e. The summed E-state index contributed by atoms with van der Waals surface area (Å²) >= 11 is 0. The topological polar surface area (TPSA) is 60.3 Å². The van der Waals surface area contributed by atoms with Gasteiger partial charge in [0.1, 0.15) is 12.3 Å². The number of hydrogen-bond acceptors (Lipinski definition) is 5. The molecule has 6 nitrogen and oxygen atoms in total. The zero-order valence-corrected chi connectivity index (χ0v) is 11.0. The summed E-state index contributed by atoms with van der Waals surface area (Å²) in [7, 11) is 0. The average Bonchev–Trinajstić information content (AvgIpc) is 3.26. The molecule has 3 heterocycles. The van der Waals surface area contributed by atoms with Crippen LogP contribution in [0.2, 0.25) is 0 Å². The summed E-state index contributed by atoms with van der Waals surface area (Å²) in [5.74, 6) is 0.647. The fraction of sp³-hybridized carbons (Fsp3) is 0.769. The van der Waals surface area contributed by atoms with Crippen molar-refractivity contribution in [3.63, 3.8) is 0 Å². The first-order valence-electron chi connectivity index (χ1n) is 7.15. The number of nitrogens with zero attached hydrogens (tertiary/aromatic N) is 4. The van der Waals surface area contributed by atoms with E-state index in [0.717, 1.165) is 38.8 Å². The standard InChI is InChI=1S/C13H19N5O/c19-12(10-1-2-10)18-11-3-4-13(18,8-14-7-11)17-6-5-15-16-9-17/h5-6,10-11,14H,1-4,7-9H2. The van der Waals surface area contributed by atoms with Crippen molar-refractivity contribution >= 4 is 5.91 Å². The van der Waals surface area contributed by atoms with E-state index < -0.39 is 0 Å². The van der Waals surface area contributed by atoms with Gasteiger partial charge in [0.15, 0.2) is 0 Å². The van der Waals surface area contributed by atoms with E-state index in [1.807, 2.05) is 6.20 Å². The van der Waals surface area contributed by atoms with E-state index in [9.17, 15) is 4.79 Å². The van der Waals surface area contributed by atoms with Crippen LogP contribution in [-0.4, -0.2) is 47.2 Å². The predicted octanol–water partition coefficient (Wildman–Crippen LogP) is 0.883. The van der Waals surface area contributed by atoms with Crippen molar-refractivity contribution in [3.05, 3.63) is 12.4 Å². The minimum atomic E-state index is -0.210. The molecule has 0 aromatic carbocycles. The van der Waals surface area contributed by atoms with Gasteiger partial charge in [0.25, 0.3) is 0 Å². The van der Waals surface area contributed by atoms with Crippen molar-refractivity contribution in [2.24, 2.45) is 16.1 Å². The normalized spacial score (nSPS) is 36.9. The Morgan fingerprint density at radius 1 is 1.37 bits per heavy atom. The molecule has 2 atom stereocenters. The van der Waals surface area contributed by atoms with E-state index in [4.69, 9.17) is 0 Å². The largest absolute Gasteiger partial charge is 0.331 e. The molecule has 2 unspecified atom stereocenters. The van der Waals surface area contributed by atoms with Crippen LogP contribution < -0.4 is 5.32 Å². The number of carbonyl (C=O) groups excluding carboxylic acids is 1. The highest BCUT2D eigenvalue weighted by Crippen LogP contribution is 2.43. The molecule has 1 amide bonds. The molecule has 0 radical (unpaired) electrons. The first-order valence-corrected chi connectivity index (χ1v) is 7.15. The summed E-state index contributed by atoms with van der Waals surface area (Å²) in [5.41, 5.74) is -0.210. The van der Waals surface area contributed by atoms with Gasteiger partial charge < -0.3 is 15.1 Å². The Hall–Kier alpha value is -1.43. The van der Waals surface area contributed by atoms with Gasteiger partial charge >= 0.3 is 0 Å². The lowest BCUT2D eigenvalue weighted by Gasteiger charge is -2.50. The maximum Gasteiger partial charge on any atom is 0.227 e. The minimum Gasteiger partial charge on any atom is -0.331 e. The lowest BCUT2D eigenvalue weighted by atomic mass is 10.0. The molecule has 19 heavy (non-hydrogen) atoms. The first-order chi connectivity index (χ1) is 9.31. The van der Waals surface area contributed by atoms with Crippen LogP contribution in [0.3, 0.4) is 0 Å². The highest BCUT2D eigenvalue weighted by molar-refractivity contribution is 5.82. The van der Waals surface area contributed by atoms with Crippen LogP contribution in [0.4, 0.5) is 0 Å². The molecule has 0 spiro atoms. The van der Waals surface area contributed by atoms with Crippen LogP contribution >= 0.6 is 0 Å². The Bertz CT molecular complexity index is 454. The molecule has 2 bridgehead atoms. The van der Waals surface area contributed by atoms with Crippen molar-refractivity contribution in [2.45, 2.75) is 37.4 Å². The van der Waals surface area contributed by atoms with Gasteiger partial charge in [0.2, 0.25) is 5.91 Å². The molecule has 1 N–H and O–H groups in total. The van der Waals surface area contributed by atoms with E-state index in [0.29, 0.717) is 18.6 Å². The van der Waals surface area contributed by atoms with Crippen molar-refractivity contribution < 1.29 is 4.79 Å². The number of rotatable bonds is 2. The molecule has 1 saturated carbocycles. The first kappa shape index (κ1) is 11.4. The van der Waals surface area contributed by atoms with Crippen LogP contribution in [0, 0.1) is 5.92 Å². The second kappa shape index (κ2) is 4.03. The van der Waals surface area contributed by atoms with E-state index in [1.54, 1.807) is 6.20 Å². The van der Waals surface area contributed by atoms with Gasteiger partial charge in [-0.15, -0.1) is 0 Å². The van der Waals surface area contributed by atoms with Gasteiger partial charge in [-0.3, -0.25) is 4.79 Å². The van der Waals surface area contributed by atoms with Crippen molar-refractivity contribution in [3.8, 4) is 0 Å². The maximum atomic E-state index is 12.7. The summed E-state index contributed by atoms with van der Waals surface area (Å²) in [4.78, 5) is 17.0. The third-order valence-corrected chi connectivity index (χ3v) is 4.79.